The number of nitrogens with zero attached hydrogens (tertiary/aromatic N) is 5. The molecular formula is C16H27N7O4S2. The van der Waals surface area contributed by atoms with Gasteiger partial charge in [-0.2, -0.15) is 11.8 Å². The lowest BCUT2D eigenvalue weighted by atomic mass is 10.2. The molecule has 13 heteroatoms. The fourth-order valence-electron chi connectivity index (χ4n) is 2.89. The molecule has 29 heavy (non-hydrogen) atoms. The number of carbonyl (C=O) groups is 1. The third-order valence-electron chi connectivity index (χ3n) is 4.20. The highest BCUT2D eigenvalue weighted by atomic mass is 32.2. The molecule has 1 aliphatic carbocycles. The molecule has 6 N–H and O–H groups in total. The number of amides is 1. The number of anilines is 1. The first kappa shape index (κ1) is 23.4. The van der Waals surface area contributed by atoms with Crippen LogP contribution in [0.5, 0.6) is 0 Å². The van der Waals surface area contributed by atoms with Gasteiger partial charge in [-0.1, -0.05) is 23.9 Å². The zero-order chi connectivity index (χ0) is 21.4. The van der Waals surface area contributed by atoms with Crippen molar-refractivity contribution in [3.05, 3.63) is 0 Å². The quantitative estimate of drug-likeness (QED) is 0.224. The van der Waals surface area contributed by atoms with E-state index in [-0.39, 0.29) is 6.04 Å². The van der Waals surface area contributed by atoms with Gasteiger partial charge >= 0.3 is 6.09 Å². The average Bonchev–Trinajstić information content (AvgIpc) is 3.23. The van der Waals surface area contributed by atoms with Crippen LogP contribution in [0.3, 0.4) is 0 Å². The summed E-state index contributed by atoms with van der Waals surface area (Å²) in [5.41, 5.74) is 5.24. The van der Waals surface area contributed by atoms with Crippen LogP contribution >= 0.6 is 23.5 Å². The van der Waals surface area contributed by atoms with Gasteiger partial charge < -0.3 is 26.4 Å². The Balaban J connectivity index is 0.000000687. The van der Waals surface area contributed by atoms with Crippen LogP contribution in [0, 0.1) is 0 Å². The Kier molecular flexibility index (Phi) is 9.20. The molecule has 0 saturated heterocycles. The average molecular weight is 446 g/mol. The molecule has 1 fully saturated rings. The van der Waals surface area contributed by atoms with Gasteiger partial charge in [0.2, 0.25) is 0 Å². The number of thioether (sulfide) groups is 2. The van der Waals surface area contributed by atoms with Gasteiger partial charge in [0.15, 0.2) is 22.1 Å². The van der Waals surface area contributed by atoms with Gasteiger partial charge in [0.05, 0.1) is 12.1 Å². The minimum Gasteiger partial charge on any atom is -0.465 e. The summed E-state index contributed by atoms with van der Waals surface area (Å²) in [4.78, 5) is 18.0. The molecule has 2 aromatic heterocycles. The van der Waals surface area contributed by atoms with Crippen LogP contribution in [0.1, 0.15) is 32.2 Å². The van der Waals surface area contributed by atoms with Crippen molar-refractivity contribution in [3.63, 3.8) is 0 Å². The summed E-state index contributed by atoms with van der Waals surface area (Å²) in [7, 11) is 0. The number of aliphatic hydroxyl groups is 2. The maximum absolute atomic E-state index is 10.2. The summed E-state index contributed by atoms with van der Waals surface area (Å²) < 4.78 is 1.65. The molecule has 3 atom stereocenters. The second-order valence-corrected chi connectivity index (χ2v) is 8.42. The van der Waals surface area contributed by atoms with Crippen molar-refractivity contribution in [2.24, 2.45) is 5.73 Å². The minimum absolute atomic E-state index is 0.307. The zero-order valence-electron chi connectivity index (χ0n) is 16.4. The molecule has 0 radical (unpaired) electrons. The number of nitrogens with one attached hydrogen (secondary N) is 1. The number of nitrogens with two attached hydrogens (primary N) is 1. The van der Waals surface area contributed by atoms with Gasteiger partial charge in [-0.05, 0) is 25.5 Å². The molecule has 11 nitrogen and oxygen atoms in total. The molecular weight excluding hydrogens is 418 g/mol. The van der Waals surface area contributed by atoms with E-state index in [0.29, 0.717) is 35.0 Å². The first-order valence-corrected chi connectivity index (χ1v) is 11.6. The molecule has 1 saturated carbocycles. The van der Waals surface area contributed by atoms with Gasteiger partial charge in [0, 0.05) is 18.1 Å². The fraction of sp³-hybridized carbons (Fsp3) is 0.688. The monoisotopic (exact) mass is 445 g/mol. The van der Waals surface area contributed by atoms with Crippen molar-refractivity contribution in [2.45, 2.75) is 49.6 Å². The zero-order valence-corrected chi connectivity index (χ0v) is 18.0. The van der Waals surface area contributed by atoms with Crippen LogP contribution in [-0.2, 0) is 0 Å². The van der Waals surface area contributed by atoms with E-state index in [1.165, 1.54) is 0 Å². The molecule has 0 bridgehead atoms. The fourth-order valence-corrected chi connectivity index (χ4v) is 3.89. The number of hydrogen-bond acceptors (Lipinski definition) is 10. The highest BCUT2D eigenvalue weighted by molar-refractivity contribution is 7.99. The Morgan fingerprint density at radius 3 is 2.62 bits per heavy atom. The summed E-state index contributed by atoms with van der Waals surface area (Å²) in [6.07, 6.45) is 1.39. The van der Waals surface area contributed by atoms with Crippen molar-refractivity contribution in [1.29, 1.82) is 0 Å². The van der Waals surface area contributed by atoms with E-state index < -0.39 is 18.3 Å². The molecule has 2 aromatic rings. The van der Waals surface area contributed by atoms with Crippen molar-refractivity contribution >= 4 is 46.6 Å². The Morgan fingerprint density at radius 1 is 1.31 bits per heavy atom. The molecule has 1 aliphatic rings. The Hall–Kier alpha value is -1.83. The highest BCUT2D eigenvalue weighted by Gasteiger charge is 2.36. The first-order valence-electron chi connectivity index (χ1n) is 9.22. The first-order chi connectivity index (χ1) is 13.9. The van der Waals surface area contributed by atoms with E-state index in [1.54, 1.807) is 28.2 Å². The van der Waals surface area contributed by atoms with Gasteiger partial charge in [0.25, 0.3) is 0 Å². The minimum atomic E-state index is -1.33. The van der Waals surface area contributed by atoms with E-state index in [1.807, 2.05) is 0 Å². The highest BCUT2D eigenvalue weighted by Crippen LogP contribution is 2.33. The smallest absolute Gasteiger partial charge is 0.402 e. The predicted octanol–water partition coefficient (Wildman–Crippen LogP) is 1.18. The molecule has 1 amide bonds. The summed E-state index contributed by atoms with van der Waals surface area (Å²) >= 11 is 3.35. The van der Waals surface area contributed by atoms with E-state index in [9.17, 15) is 10.2 Å². The van der Waals surface area contributed by atoms with E-state index >= 15 is 0 Å². The second kappa shape index (κ2) is 11.4. The Morgan fingerprint density at radius 2 is 2.03 bits per heavy atom. The number of carboxylic acid groups (broad SMARTS) is 1. The standard InChI is InChI=1S/C15H24N6O2S2.CH3NO2/c1-3-7-25-15-17-13(16-6-8-24-2)11-14(18-15)21(20-19-11)9-4-5-10(22)12(9)23;2-1(3)4/h9-10,12,22-23H,3-8H2,1-2H3,(H,16,17,18);2H2,(H,3,4)/t9-,10-,12+;/m1./s1. The lowest BCUT2D eigenvalue weighted by Gasteiger charge is -2.16. The molecule has 0 aromatic carbocycles. The van der Waals surface area contributed by atoms with Crippen LogP contribution in [0.25, 0.3) is 11.2 Å². The van der Waals surface area contributed by atoms with Gasteiger partial charge in [-0.25, -0.2) is 19.4 Å². The molecule has 3 rings (SSSR count). The molecule has 0 spiro atoms. The topological polar surface area (TPSA) is 172 Å². The van der Waals surface area contributed by atoms with Crippen molar-refractivity contribution in [3.8, 4) is 0 Å². The maximum atomic E-state index is 10.2. The normalized spacial score (nSPS) is 21.0. The molecule has 0 aliphatic heterocycles. The SMILES string of the molecule is CCCSc1nc(NCCSC)c2nnn([C@@H]3CC[C@@H](O)[C@H]3O)c2n1.NC(=O)O. The van der Waals surface area contributed by atoms with Gasteiger partial charge in [-0.15, -0.1) is 5.10 Å². The van der Waals surface area contributed by atoms with Crippen LogP contribution < -0.4 is 11.1 Å². The molecule has 2 heterocycles. The largest absolute Gasteiger partial charge is 0.465 e. The summed E-state index contributed by atoms with van der Waals surface area (Å²) in [5.74, 6) is 2.57. The lowest BCUT2D eigenvalue weighted by Crippen LogP contribution is -2.28. The van der Waals surface area contributed by atoms with Crippen LogP contribution in [-0.4, -0.2) is 82.9 Å². The number of primary amides is 1. The molecule has 0 unspecified atom stereocenters. The Bertz CT molecular complexity index is 803. The lowest BCUT2D eigenvalue weighted by molar-refractivity contribution is 0.0215. The van der Waals surface area contributed by atoms with Crippen LogP contribution in [0.2, 0.25) is 0 Å². The number of rotatable bonds is 8. The van der Waals surface area contributed by atoms with Crippen molar-refractivity contribution in [2.75, 3.05) is 29.6 Å². The Labute approximate surface area is 176 Å². The number of fused-ring (bicyclic) bond motifs is 1. The van der Waals surface area contributed by atoms with E-state index in [2.05, 4.69) is 44.5 Å². The third kappa shape index (κ3) is 6.32. The van der Waals surface area contributed by atoms with Crippen molar-refractivity contribution < 1.29 is 20.1 Å². The van der Waals surface area contributed by atoms with Crippen molar-refractivity contribution in [1.82, 2.24) is 25.0 Å². The summed E-state index contributed by atoms with van der Waals surface area (Å²) in [6.45, 7) is 2.90. The maximum Gasteiger partial charge on any atom is 0.402 e. The summed E-state index contributed by atoms with van der Waals surface area (Å²) in [5, 5.41) is 39.7. The van der Waals surface area contributed by atoms with Crippen LogP contribution in [0.15, 0.2) is 5.16 Å². The predicted molar refractivity (Wildman–Crippen MR) is 114 cm³/mol. The van der Waals surface area contributed by atoms with E-state index in [0.717, 1.165) is 24.5 Å². The van der Waals surface area contributed by atoms with E-state index in [4.69, 9.17) is 9.90 Å². The van der Waals surface area contributed by atoms with Gasteiger partial charge in [0.1, 0.15) is 6.10 Å². The summed E-state index contributed by atoms with van der Waals surface area (Å²) in [6, 6.07) is -0.307. The molecule has 162 valence electrons. The van der Waals surface area contributed by atoms with Crippen LogP contribution in [0.4, 0.5) is 10.6 Å². The second-order valence-electron chi connectivity index (χ2n) is 6.37. The number of aromatic nitrogens is 5. The van der Waals surface area contributed by atoms with Gasteiger partial charge in [-0.3, -0.25) is 0 Å². The third-order valence-corrected chi connectivity index (χ3v) is 5.86. The number of aliphatic hydroxyl groups excluding tert-OH is 2. The number of hydrogen-bond donors (Lipinski definition) is 5.